The molecular weight excluding hydrogens is 656 g/mol. The van der Waals surface area contributed by atoms with Crippen molar-refractivity contribution in [1.29, 1.82) is 0 Å². The van der Waals surface area contributed by atoms with Gasteiger partial charge in [-0.15, -0.1) is 0 Å². The van der Waals surface area contributed by atoms with Gasteiger partial charge in [-0.25, -0.2) is 9.59 Å². The van der Waals surface area contributed by atoms with Gasteiger partial charge in [0.25, 0.3) is 0 Å². The molecule has 0 radical (unpaired) electrons. The molecule has 4 aromatic carbocycles. The Morgan fingerprint density at radius 2 is 0.962 bits per heavy atom. The summed E-state index contributed by atoms with van der Waals surface area (Å²) < 4.78 is 27.9. The summed E-state index contributed by atoms with van der Waals surface area (Å²) in [4.78, 5) is 29.5. The third kappa shape index (κ3) is 9.08. The number of esters is 2. The first-order valence-corrected chi connectivity index (χ1v) is 17.2. The van der Waals surface area contributed by atoms with Gasteiger partial charge in [-0.05, 0) is 75.7 Å². The van der Waals surface area contributed by atoms with Crippen molar-refractivity contribution < 1.29 is 28.5 Å². The SMILES string of the molecule is CN(C)C(Cn1ccc2c(OCc3ccccc3)cccc21)OC(=O)/C=C/C(=O)OC(Cn1ccc2c(OCc3ccccc3)cccc21)N(C)C. The van der Waals surface area contributed by atoms with Crippen LogP contribution in [0.3, 0.4) is 0 Å². The monoisotopic (exact) mass is 700 g/mol. The average molecular weight is 701 g/mol. The third-order valence-electron chi connectivity index (χ3n) is 8.74. The Morgan fingerprint density at radius 3 is 1.35 bits per heavy atom. The zero-order valence-electron chi connectivity index (χ0n) is 29.9. The number of hydrogen-bond acceptors (Lipinski definition) is 8. The number of hydrogen-bond donors (Lipinski definition) is 0. The van der Waals surface area contributed by atoms with Gasteiger partial charge in [-0.3, -0.25) is 9.80 Å². The first kappa shape index (κ1) is 36.0. The van der Waals surface area contributed by atoms with Crippen molar-refractivity contribution in [3.8, 4) is 11.5 Å². The van der Waals surface area contributed by atoms with Crippen LogP contribution >= 0.6 is 0 Å². The maximum atomic E-state index is 12.9. The van der Waals surface area contributed by atoms with Crippen molar-refractivity contribution in [1.82, 2.24) is 18.9 Å². The molecule has 0 spiro atoms. The summed E-state index contributed by atoms with van der Waals surface area (Å²) in [6.45, 7) is 1.66. The molecule has 0 aliphatic rings. The molecule has 6 rings (SSSR count). The van der Waals surface area contributed by atoms with E-state index in [9.17, 15) is 9.59 Å². The van der Waals surface area contributed by atoms with Crippen molar-refractivity contribution in [2.45, 2.75) is 38.8 Å². The van der Waals surface area contributed by atoms with Gasteiger partial charge in [0.05, 0.1) is 24.1 Å². The molecule has 2 unspecified atom stereocenters. The van der Waals surface area contributed by atoms with Crippen LogP contribution < -0.4 is 9.47 Å². The van der Waals surface area contributed by atoms with Crippen molar-refractivity contribution in [2.75, 3.05) is 28.2 Å². The predicted molar refractivity (Wildman–Crippen MR) is 202 cm³/mol. The lowest BCUT2D eigenvalue weighted by Gasteiger charge is -2.25. The minimum atomic E-state index is -0.653. The number of carbonyl (C=O) groups excluding carboxylic acids is 2. The summed E-state index contributed by atoms with van der Waals surface area (Å²) >= 11 is 0. The van der Waals surface area contributed by atoms with E-state index < -0.39 is 24.4 Å². The third-order valence-corrected chi connectivity index (χ3v) is 8.74. The fraction of sp³-hybridized carbons (Fsp3) is 0.238. The van der Waals surface area contributed by atoms with E-state index in [4.69, 9.17) is 18.9 Å². The number of nitrogens with zero attached hydrogens (tertiary/aromatic N) is 4. The summed E-state index contributed by atoms with van der Waals surface area (Å²) in [6, 6.07) is 35.8. The maximum Gasteiger partial charge on any atom is 0.332 e. The second-order valence-corrected chi connectivity index (χ2v) is 12.9. The van der Waals surface area contributed by atoms with Crippen molar-refractivity contribution in [3.63, 3.8) is 0 Å². The van der Waals surface area contributed by atoms with E-state index in [1.807, 2.05) is 169 Å². The van der Waals surface area contributed by atoms with Crippen LogP contribution in [0.5, 0.6) is 11.5 Å². The molecule has 2 aromatic heterocycles. The molecular formula is C42H44N4O6. The first-order chi connectivity index (χ1) is 25.2. The standard InChI is InChI=1S/C42H44N4O6/c1-43(2)39(27-45-25-23-33-35(45)17-11-19-37(33)49-29-31-13-7-5-8-14-31)51-41(47)21-22-42(48)52-40(44(3)4)28-46-26-24-34-36(46)18-12-20-38(34)50-30-32-15-9-6-10-16-32/h5-26,39-40H,27-30H2,1-4H3/b22-21+. The fourth-order valence-corrected chi connectivity index (χ4v) is 5.86. The number of benzene rings is 4. The normalized spacial score (nSPS) is 12.8. The Bertz CT molecular complexity index is 1970. The molecule has 52 heavy (non-hydrogen) atoms. The lowest BCUT2D eigenvalue weighted by Crippen LogP contribution is -2.36. The molecule has 0 saturated heterocycles. The topological polar surface area (TPSA) is 87.4 Å². The molecule has 2 heterocycles. The van der Waals surface area contributed by atoms with E-state index in [1.54, 1.807) is 0 Å². The molecule has 0 bridgehead atoms. The Kier molecular flexibility index (Phi) is 11.7. The maximum absolute atomic E-state index is 12.9. The molecule has 0 aliphatic carbocycles. The van der Waals surface area contributed by atoms with Crippen LogP contribution in [0.15, 0.2) is 134 Å². The smallest absolute Gasteiger partial charge is 0.332 e. The number of aromatic nitrogens is 2. The van der Waals surface area contributed by atoms with Gasteiger partial charge in [0.1, 0.15) is 24.7 Å². The van der Waals surface area contributed by atoms with Crippen LogP contribution in [0.25, 0.3) is 21.8 Å². The zero-order valence-corrected chi connectivity index (χ0v) is 29.9. The highest BCUT2D eigenvalue weighted by molar-refractivity contribution is 5.92. The molecule has 2 atom stereocenters. The van der Waals surface area contributed by atoms with Gasteiger partial charge in [-0.1, -0.05) is 72.8 Å². The number of rotatable bonds is 16. The summed E-state index contributed by atoms with van der Waals surface area (Å²) in [5.74, 6) is 0.247. The van der Waals surface area contributed by atoms with Crippen LogP contribution in [0.4, 0.5) is 0 Å². The van der Waals surface area contributed by atoms with E-state index in [0.717, 1.165) is 56.6 Å². The highest BCUT2D eigenvalue weighted by atomic mass is 16.6. The van der Waals surface area contributed by atoms with E-state index in [-0.39, 0.29) is 0 Å². The largest absolute Gasteiger partial charge is 0.488 e. The van der Waals surface area contributed by atoms with Crippen LogP contribution in [0, 0.1) is 0 Å². The predicted octanol–water partition coefficient (Wildman–Crippen LogP) is 6.87. The molecule has 0 fully saturated rings. The van der Waals surface area contributed by atoms with E-state index >= 15 is 0 Å². The summed E-state index contributed by atoms with van der Waals surface area (Å²) in [6.07, 6.45) is 4.91. The van der Waals surface area contributed by atoms with Crippen molar-refractivity contribution in [3.05, 3.63) is 145 Å². The van der Waals surface area contributed by atoms with Gasteiger partial charge < -0.3 is 28.1 Å². The molecule has 10 nitrogen and oxygen atoms in total. The van der Waals surface area contributed by atoms with Crippen molar-refractivity contribution >= 4 is 33.7 Å². The van der Waals surface area contributed by atoms with Gasteiger partial charge in [-0.2, -0.15) is 0 Å². The van der Waals surface area contributed by atoms with Crippen LogP contribution in [-0.2, 0) is 45.4 Å². The molecule has 0 aliphatic heterocycles. The molecule has 6 aromatic rings. The number of likely N-dealkylation sites (N-methyl/N-ethyl adjacent to an activating group) is 2. The Hall–Kier alpha value is -5.84. The first-order valence-electron chi connectivity index (χ1n) is 17.2. The second-order valence-electron chi connectivity index (χ2n) is 12.9. The van der Waals surface area contributed by atoms with Crippen molar-refractivity contribution in [2.24, 2.45) is 0 Å². The molecule has 268 valence electrons. The summed E-state index contributed by atoms with van der Waals surface area (Å²) in [5, 5.41) is 1.93. The second kappa shape index (κ2) is 16.9. The Balaban J connectivity index is 1.05. The van der Waals surface area contributed by atoms with E-state index in [2.05, 4.69) is 0 Å². The van der Waals surface area contributed by atoms with Crippen LogP contribution in [0.2, 0.25) is 0 Å². The molecule has 0 N–H and O–H groups in total. The molecule has 0 saturated carbocycles. The lowest BCUT2D eigenvalue weighted by atomic mass is 10.2. The summed E-state index contributed by atoms with van der Waals surface area (Å²) in [7, 11) is 7.34. The van der Waals surface area contributed by atoms with Gasteiger partial charge in [0.2, 0.25) is 0 Å². The fourth-order valence-electron chi connectivity index (χ4n) is 5.86. The Morgan fingerprint density at radius 1 is 0.558 bits per heavy atom. The van der Waals surface area contributed by atoms with Gasteiger partial charge in [0, 0.05) is 35.3 Å². The van der Waals surface area contributed by atoms with Gasteiger partial charge in [0.15, 0.2) is 12.5 Å². The lowest BCUT2D eigenvalue weighted by molar-refractivity contribution is -0.154. The number of fused-ring (bicyclic) bond motifs is 2. The van der Waals surface area contributed by atoms with Gasteiger partial charge >= 0.3 is 11.9 Å². The average Bonchev–Trinajstić information content (AvgIpc) is 3.77. The minimum absolute atomic E-state index is 0.370. The number of ether oxygens (including phenoxy) is 4. The highest BCUT2D eigenvalue weighted by Gasteiger charge is 2.21. The zero-order chi connectivity index (χ0) is 36.5. The minimum Gasteiger partial charge on any atom is -0.488 e. The van der Waals surface area contributed by atoms with E-state index in [1.165, 1.54) is 0 Å². The molecule has 0 amide bonds. The van der Waals surface area contributed by atoms with Crippen LogP contribution in [-0.4, -0.2) is 71.5 Å². The van der Waals surface area contributed by atoms with Crippen LogP contribution in [0.1, 0.15) is 11.1 Å². The summed E-state index contributed by atoms with van der Waals surface area (Å²) in [5.41, 5.74) is 4.07. The quantitative estimate of drug-likeness (QED) is 0.0615. The molecule has 10 heteroatoms. The Labute approximate surface area is 304 Å². The number of carbonyl (C=O) groups is 2. The van der Waals surface area contributed by atoms with E-state index in [0.29, 0.717) is 26.3 Å². The highest BCUT2D eigenvalue weighted by Crippen LogP contribution is 2.29.